The lowest BCUT2D eigenvalue weighted by atomic mass is 9.83. The van der Waals surface area contributed by atoms with Crippen molar-refractivity contribution in [3.05, 3.63) is 12.2 Å². The number of likely N-dealkylation sites (tertiary alicyclic amines) is 1. The summed E-state index contributed by atoms with van der Waals surface area (Å²) in [4.78, 5) is 39.8. The van der Waals surface area contributed by atoms with Crippen LogP contribution in [-0.2, 0) is 23.8 Å². The predicted octanol–water partition coefficient (Wildman–Crippen LogP) is 4.10. The monoisotopic (exact) mass is 435 g/mol. The fourth-order valence-corrected chi connectivity index (χ4v) is 5.03. The Bertz CT molecular complexity index is 709. The Labute approximate surface area is 185 Å². The zero-order chi connectivity index (χ0) is 22.8. The maximum Gasteiger partial charge on any atom is 0.410 e. The first kappa shape index (κ1) is 23.6. The van der Waals surface area contributed by atoms with E-state index in [4.69, 9.17) is 14.2 Å². The van der Waals surface area contributed by atoms with E-state index in [0.29, 0.717) is 13.0 Å². The minimum absolute atomic E-state index is 0.00183. The smallest absolute Gasteiger partial charge is 0.410 e. The van der Waals surface area contributed by atoms with Gasteiger partial charge in [0.15, 0.2) is 0 Å². The summed E-state index contributed by atoms with van der Waals surface area (Å²) in [5.74, 6) is -1.49. The molecule has 2 fully saturated rings. The van der Waals surface area contributed by atoms with Gasteiger partial charge < -0.3 is 19.1 Å². The van der Waals surface area contributed by atoms with Gasteiger partial charge in [-0.15, -0.1) is 0 Å². The number of fused-ring (bicyclic) bond motifs is 2. The van der Waals surface area contributed by atoms with E-state index in [-0.39, 0.29) is 48.6 Å². The highest BCUT2D eigenvalue weighted by atomic mass is 16.6. The van der Waals surface area contributed by atoms with Crippen molar-refractivity contribution >= 4 is 18.0 Å². The van der Waals surface area contributed by atoms with Gasteiger partial charge in [-0.05, 0) is 72.1 Å². The second-order valence-corrected chi connectivity index (χ2v) is 10.3. The molecule has 0 radical (unpaired) electrons. The Morgan fingerprint density at radius 1 is 1.03 bits per heavy atom. The van der Waals surface area contributed by atoms with Crippen LogP contribution in [0.25, 0.3) is 0 Å². The molecule has 174 valence electrons. The van der Waals surface area contributed by atoms with Crippen LogP contribution in [0.1, 0.15) is 66.7 Å². The molecule has 0 aromatic heterocycles. The highest BCUT2D eigenvalue weighted by Gasteiger charge is 2.53. The minimum Gasteiger partial charge on any atom is -0.465 e. The first-order chi connectivity index (χ1) is 14.6. The number of allylic oxidation sites excluding steroid dienone is 2. The maximum atomic E-state index is 12.9. The molecule has 1 saturated carbocycles. The molecule has 1 saturated heterocycles. The number of hydrogen-bond donors (Lipinski definition) is 0. The minimum atomic E-state index is -0.541. The molecule has 3 aliphatic rings. The number of hydrogen-bond acceptors (Lipinski definition) is 6. The predicted molar refractivity (Wildman–Crippen MR) is 115 cm³/mol. The Morgan fingerprint density at radius 3 is 2.29 bits per heavy atom. The van der Waals surface area contributed by atoms with Crippen molar-refractivity contribution in [3.63, 3.8) is 0 Å². The van der Waals surface area contributed by atoms with Gasteiger partial charge in [0.2, 0.25) is 0 Å². The van der Waals surface area contributed by atoms with E-state index in [1.54, 1.807) is 4.90 Å². The molecule has 1 aliphatic heterocycles. The van der Waals surface area contributed by atoms with Gasteiger partial charge in [-0.2, -0.15) is 0 Å². The van der Waals surface area contributed by atoms with Crippen LogP contribution < -0.4 is 0 Å². The zero-order valence-corrected chi connectivity index (χ0v) is 19.5. The van der Waals surface area contributed by atoms with E-state index in [0.717, 1.165) is 25.7 Å². The summed E-state index contributed by atoms with van der Waals surface area (Å²) in [5.41, 5.74) is -0.541. The Hall–Kier alpha value is -2.05. The van der Waals surface area contributed by atoms with Crippen LogP contribution >= 0.6 is 0 Å². The fraction of sp³-hybridized carbons (Fsp3) is 0.792. The van der Waals surface area contributed by atoms with E-state index in [1.807, 2.05) is 46.8 Å². The molecule has 0 spiro atoms. The lowest BCUT2D eigenvalue weighted by molar-refractivity contribution is -0.164. The SMILES string of the molecule is CC(C)OC(=O)C1C2C=CC(C2)C1C(=O)OCCC1CCCCN1C(=O)OC(C)(C)C. The normalized spacial score (nSPS) is 29.9. The largest absolute Gasteiger partial charge is 0.465 e. The van der Waals surface area contributed by atoms with Gasteiger partial charge in [0.1, 0.15) is 5.60 Å². The number of esters is 2. The average molecular weight is 436 g/mol. The summed E-state index contributed by atoms with van der Waals surface area (Å²) >= 11 is 0. The molecule has 3 rings (SSSR count). The molecule has 0 aromatic rings. The molecule has 1 amide bonds. The third-order valence-corrected chi connectivity index (χ3v) is 6.31. The molecular formula is C24H37NO6. The van der Waals surface area contributed by atoms with Crippen molar-refractivity contribution in [1.29, 1.82) is 0 Å². The highest BCUT2D eigenvalue weighted by Crippen LogP contribution is 2.49. The molecule has 5 unspecified atom stereocenters. The zero-order valence-electron chi connectivity index (χ0n) is 19.5. The second kappa shape index (κ2) is 9.61. The van der Waals surface area contributed by atoms with E-state index in [1.165, 1.54) is 0 Å². The van der Waals surface area contributed by atoms with E-state index < -0.39 is 17.4 Å². The first-order valence-corrected chi connectivity index (χ1v) is 11.6. The Kier molecular flexibility index (Phi) is 7.32. The number of carbonyl (C=O) groups is 3. The summed E-state index contributed by atoms with van der Waals surface area (Å²) in [5, 5.41) is 0. The molecular weight excluding hydrogens is 398 g/mol. The van der Waals surface area contributed by atoms with Crippen molar-refractivity contribution in [2.24, 2.45) is 23.7 Å². The lowest BCUT2D eigenvalue weighted by Gasteiger charge is -2.36. The van der Waals surface area contributed by atoms with Crippen LogP contribution in [0.4, 0.5) is 4.79 Å². The van der Waals surface area contributed by atoms with Gasteiger partial charge in [-0.3, -0.25) is 9.59 Å². The molecule has 2 bridgehead atoms. The summed E-state index contributed by atoms with van der Waals surface area (Å²) < 4.78 is 16.6. The van der Waals surface area contributed by atoms with Crippen LogP contribution in [0.5, 0.6) is 0 Å². The molecule has 1 heterocycles. The highest BCUT2D eigenvalue weighted by molar-refractivity contribution is 5.84. The van der Waals surface area contributed by atoms with E-state index in [2.05, 4.69) is 0 Å². The summed E-state index contributed by atoms with van der Waals surface area (Å²) in [7, 11) is 0. The standard InChI is InChI=1S/C24H37NO6/c1-15(2)30-22(27)20-17-10-9-16(14-17)19(20)21(26)29-13-11-18-8-6-7-12-25(18)23(28)31-24(3,4)5/h9-10,15-20H,6-8,11-14H2,1-5H3. The van der Waals surface area contributed by atoms with E-state index >= 15 is 0 Å². The number of ether oxygens (including phenoxy) is 3. The van der Waals surface area contributed by atoms with Gasteiger partial charge in [0, 0.05) is 19.0 Å². The van der Waals surface area contributed by atoms with Crippen molar-refractivity contribution in [2.45, 2.75) is 84.5 Å². The van der Waals surface area contributed by atoms with Gasteiger partial charge >= 0.3 is 18.0 Å². The van der Waals surface area contributed by atoms with Gasteiger partial charge in [0.25, 0.3) is 0 Å². The van der Waals surface area contributed by atoms with Crippen LogP contribution in [0.15, 0.2) is 12.2 Å². The van der Waals surface area contributed by atoms with Crippen molar-refractivity contribution < 1.29 is 28.6 Å². The maximum absolute atomic E-state index is 12.9. The number of amides is 1. The Morgan fingerprint density at radius 2 is 1.68 bits per heavy atom. The average Bonchev–Trinajstić information content (AvgIpc) is 3.28. The van der Waals surface area contributed by atoms with Crippen LogP contribution in [-0.4, -0.2) is 53.8 Å². The van der Waals surface area contributed by atoms with Gasteiger partial charge in [-0.25, -0.2) is 4.79 Å². The number of carbonyl (C=O) groups excluding carboxylic acids is 3. The van der Waals surface area contributed by atoms with Crippen molar-refractivity contribution in [1.82, 2.24) is 4.90 Å². The molecule has 31 heavy (non-hydrogen) atoms. The van der Waals surface area contributed by atoms with Crippen molar-refractivity contribution in [2.75, 3.05) is 13.2 Å². The second-order valence-electron chi connectivity index (χ2n) is 10.3. The van der Waals surface area contributed by atoms with Crippen molar-refractivity contribution in [3.8, 4) is 0 Å². The summed E-state index contributed by atoms with van der Waals surface area (Å²) in [6.07, 6.45) is 7.77. The Balaban J connectivity index is 1.55. The molecule has 7 heteroatoms. The van der Waals surface area contributed by atoms with Gasteiger partial charge in [0.05, 0.1) is 24.5 Å². The fourth-order valence-electron chi connectivity index (χ4n) is 5.03. The van der Waals surface area contributed by atoms with Gasteiger partial charge in [-0.1, -0.05) is 12.2 Å². The third-order valence-electron chi connectivity index (χ3n) is 6.31. The number of nitrogens with zero attached hydrogens (tertiary/aromatic N) is 1. The molecule has 0 N–H and O–H groups in total. The molecule has 7 nitrogen and oxygen atoms in total. The molecule has 5 atom stereocenters. The molecule has 2 aliphatic carbocycles. The quantitative estimate of drug-likeness (QED) is 0.355. The van der Waals surface area contributed by atoms with E-state index in [9.17, 15) is 14.4 Å². The molecule has 0 aromatic carbocycles. The number of piperidine rings is 1. The van der Waals surface area contributed by atoms with Crippen LogP contribution in [0.2, 0.25) is 0 Å². The topological polar surface area (TPSA) is 82.1 Å². The van der Waals surface area contributed by atoms with Crippen LogP contribution in [0.3, 0.4) is 0 Å². The lowest BCUT2D eigenvalue weighted by Crippen LogP contribution is -2.46. The van der Waals surface area contributed by atoms with Crippen LogP contribution in [0, 0.1) is 23.7 Å². The third kappa shape index (κ3) is 5.80. The number of rotatable bonds is 6. The summed E-state index contributed by atoms with van der Waals surface area (Å²) in [6, 6.07) is -0.00183. The summed E-state index contributed by atoms with van der Waals surface area (Å²) in [6.45, 7) is 10.1. The first-order valence-electron chi connectivity index (χ1n) is 11.6.